The third kappa shape index (κ3) is 2.07. The molecule has 1 saturated heterocycles. The van der Waals surface area contributed by atoms with Crippen molar-refractivity contribution in [2.75, 3.05) is 19.6 Å². The average Bonchev–Trinajstić information content (AvgIpc) is 2.87. The fourth-order valence-electron chi connectivity index (χ4n) is 2.05. The molecule has 3 N–H and O–H groups in total. The van der Waals surface area contributed by atoms with Crippen LogP contribution in [0.25, 0.3) is 0 Å². The zero-order valence-corrected chi connectivity index (χ0v) is 8.41. The molecule has 1 saturated carbocycles. The van der Waals surface area contributed by atoms with E-state index in [0.717, 1.165) is 19.0 Å². The van der Waals surface area contributed by atoms with E-state index in [4.69, 9.17) is 10.8 Å². The fraction of sp³-hybridized carbons (Fsp3) is 0.900. The lowest BCUT2D eigenvalue weighted by molar-refractivity contribution is -0.142. The molecule has 1 aliphatic carbocycles. The number of likely N-dealkylation sites (tertiary alicyclic amines) is 1. The molecular formula is C10H18N2O2. The summed E-state index contributed by atoms with van der Waals surface area (Å²) in [6.07, 6.45) is 4.53. The van der Waals surface area contributed by atoms with Crippen molar-refractivity contribution in [2.45, 2.75) is 31.2 Å². The Labute approximate surface area is 84.1 Å². The molecule has 0 aromatic carbocycles. The van der Waals surface area contributed by atoms with Crippen LogP contribution in [0.2, 0.25) is 0 Å². The number of nitrogens with two attached hydrogens (primary N) is 1. The number of aliphatic carboxylic acids is 1. The Morgan fingerprint density at radius 2 is 2.29 bits per heavy atom. The van der Waals surface area contributed by atoms with Gasteiger partial charge in [0.1, 0.15) is 5.54 Å². The average molecular weight is 198 g/mol. The summed E-state index contributed by atoms with van der Waals surface area (Å²) in [6, 6.07) is 0. The molecule has 2 fully saturated rings. The number of carboxylic acids is 1. The Hall–Kier alpha value is -0.610. The molecule has 0 spiro atoms. The van der Waals surface area contributed by atoms with Gasteiger partial charge >= 0.3 is 5.97 Å². The first-order valence-electron chi connectivity index (χ1n) is 5.35. The van der Waals surface area contributed by atoms with E-state index in [9.17, 15) is 4.79 Å². The van der Waals surface area contributed by atoms with Crippen LogP contribution in [0.15, 0.2) is 0 Å². The van der Waals surface area contributed by atoms with Crippen molar-refractivity contribution in [3.05, 3.63) is 0 Å². The Kier molecular flexibility index (Phi) is 2.49. The zero-order chi connectivity index (χ0) is 10.2. The maximum Gasteiger partial charge on any atom is 0.325 e. The molecule has 0 aromatic heterocycles. The number of hydrogen-bond acceptors (Lipinski definition) is 3. The lowest BCUT2D eigenvalue weighted by atomic mass is 10.0. The minimum absolute atomic E-state index is 0.523. The van der Waals surface area contributed by atoms with Crippen LogP contribution in [0.3, 0.4) is 0 Å². The van der Waals surface area contributed by atoms with E-state index in [2.05, 4.69) is 4.90 Å². The highest BCUT2D eigenvalue weighted by atomic mass is 16.4. The second kappa shape index (κ2) is 3.51. The quantitative estimate of drug-likeness (QED) is 0.680. The molecular weight excluding hydrogens is 180 g/mol. The van der Waals surface area contributed by atoms with Crippen LogP contribution < -0.4 is 5.73 Å². The highest BCUT2D eigenvalue weighted by Crippen LogP contribution is 2.33. The summed E-state index contributed by atoms with van der Waals surface area (Å²) in [5.41, 5.74) is 4.79. The maximum absolute atomic E-state index is 10.9. The van der Waals surface area contributed by atoms with Crippen molar-refractivity contribution in [3.63, 3.8) is 0 Å². The van der Waals surface area contributed by atoms with E-state index in [1.807, 2.05) is 0 Å². The Morgan fingerprint density at radius 3 is 2.79 bits per heavy atom. The Bertz CT molecular complexity index is 240. The van der Waals surface area contributed by atoms with Gasteiger partial charge in [-0.1, -0.05) is 12.8 Å². The van der Waals surface area contributed by atoms with Gasteiger partial charge < -0.3 is 15.7 Å². The predicted octanol–water partition coefficient (Wildman–Crippen LogP) is 0.274. The van der Waals surface area contributed by atoms with E-state index in [0.29, 0.717) is 13.0 Å². The van der Waals surface area contributed by atoms with Gasteiger partial charge in [-0.05, 0) is 25.3 Å². The molecule has 0 amide bonds. The minimum atomic E-state index is -0.983. The third-order valence-corrected chi connectivity index (χ3v) is 3.36. The van der Waals surface area contributed by atoms with Crippen molar-refractivity contribution in [3.8, 4) is 0 Å². The maximum atomic E-state index is 10.9. The molecule has 1 unspecified atom stereocenters. The molecule has 1 heterocycles. The monoisotopic (exact) mass is 198 g/mol. The van der Waals surface area contributed by atoms with Crippen LogP contribution >= 0.6 is 0 Å². The summed E-state index contributed by atoms with van der Waals surface area (Å²) in [6.45, 7) is 2.39. The van der Waals surface area contributed by atoms with Crippen molar-refractivity contribution in [1.82, 2.24) is 4.90 Å². The van der Waals surface area contributed by atoms with Crippen LogP contribution in [-0.4, -0.2) is 41.1 Å². The second-order valence-corrected chi connectivity index (χ2v) is 4.72. The molecule has 1 atom stereocenters. The van der Waals surface area contributed by atoms with Gasteiger partial charge in [0.2, 0.25) is 0 Å². The van der Waals surface area contributed by atoms with Crippen LogP contribution in [0.5, 0.6) is 0 Å². The van der Waals surface area contributed by atoms with Crippen LogP contribution in [0.4, 0.5) is 0 Å². The third-order valence-electron chi connectivity index (χ3n) is 3.36. The normalized spacial score (nSPS) is 33.5. The van der Waals surface area contributed by atoms with Crippen molar-refractivity contribution in [2.24, 2.45) is 11.7 Å². The standard InChI is InChI=1S/C10H18N2O2/c11-10(9(13)14)4-6-12(7-10)5-3-8-1-2-8/h8H,1-7,11H2,(H,13,14). The molecule has 2 aliphatic rings. The molecule has 80 valence electrons. The second-order valence-electron chi connectivity index (χ2n) is 4.72. The van der Waals surface area contributed by atoms with E-state index in [1.165, 1.54) is 19.3 Å². The highest BCUT2D eigenvalue weighted by Gasteiger charge is 2.41. The molecule has 4 nitrogen and oxygen atoms in total. The largest absolute Gasteiger partial charge is 0.480 e. The van der Waals surface area contributed by atoms with Crippen molar-refractivity contribution >= 4 is 5.97 Å². The van der Waals surface area contributed by atoms with Crippen LogP contribution in [-0.2, 0) is 4.79 Å². The SMILES string of the molecule is NC1(C(=O)O)CCN(CCC2CC2)C1. The summed E-state index contributed by atoms with van der Waals surface area (Å²) in [4.78, 5) is 13.1. The smallest absolute Gasteiger partial charge is 0.325 e. The van der Waals surface area contributed by atoms with Gasteiger partial charge in [0.25, 0.3) is 0 Å². The van der Waals surface area contributed by atoms with E-state index < -0.39 is 11.5 Å². The number of rotatable bonds is 4. The van der Waals surface area contributed by atoms with Gasteiger partial charge in [0.15, 0.2) is 0 Å². The Balaban J connectivity index is 1.78. The molecule has 4 heteroatoms. The van der Waals surface area contributed by atoms with Gasteiger partial charge in [-0.15, -0.1) is 0 Å². The molecule has 2 rings (SSSR count). The molecule has 14 heavy (non-hydrogen) atoms. The summed E-state index contributed by atoms with van der Waals surface area (Å²) in [5.74, 6) is 0.0547. The number of carbonyl (C=O) groups is 1. The topological polar surface area (TPSA) is 66.6 Å². The first-order valence-corrected chi connectivity index (χ1v) is 5.35. The fourth-order valence-corrected chi connectivity index (χ4v) is 2.05. The van der Waals surface area contributed by atoms with E-state index in [-0.39, 0.29) is 0 Å². The van der Waals surface area contributed by atoms with Crippen LogP contribution in [0.1, 0.15) is 25.7 Å². The van der Waals surface area contributed by atoms with Gasteiger partial charge in [-0.25, -0.2) is 0 Å². The minimum Gasteiger partial charge on any atom is -0.480 e. The van der Waals surface area contributed by atoms with E-state index >= 15 is 0 Å². The first-order chi connectivity index (χ1) is 6.60. The highest BCUT2D eigenvalue weighted by molar-refractivity contribution is 5.79. The summed E-state index contributed by atoms with van der Waals surface area (Å²) < 4.78 is 0. The molecule has 1 aliphatic heterocycles. The lowest BCUT2D eigenvalue weighted by Crippen LogP contribution is -2.50. The zero-order valence-electron chi connectivity index (χ0n) is 8.41. The van der Waals surface area contributed by atoms with Gasteiger partial charge in [0.05, 0.1) is 0 Å². The molecule has 0 radical (unpaired) electrons. The number of carboxylic acid groups (broad SMARTS) is 1. The predicted molar refractivity (Wildman–Crippen MR) is 53.0 cm³/mol. The first kappa shape index (κ1) is 9.93. The van der Waals surface area contributed by atoms with Gasteiger partial charge in [-0.2, -0.15) is 0 Å². The summed E-state index contributed by atoms with van der Waals surface area (Å²) in [5, 5.41) is 8.93. The Morgan fingerprint density at radius 1 is 1.57 bits per heavy atom. The van der Waals surface area contributed by atoms with Gasteiger partial charge in [-0.3, -0.25) is 4.79 Å². The summed E-state index contributed by atoms with van der Waals surface area (Å²) in [7, 11) is 0. The van der Waals surface area contributed by atoms with E-state index in [1.54, 1.807) is 0 Å². The number of nitrogens with zero attached hydrogens (tertiary/aromatic N) is 1. The van der Waals surface area contributed by atoms with Gasteiger partial charge in [0, 0.05) is 13.1 Å². The molecule has 0 aromatic rings. The van der Waals surface area contributed by atoms with Crippen molar-refractivity contribution < 1.29 is 9.90 Å². The van der Waals surface area contributed by atoms with Crippen molar-refractivity contribution in [1.29, 1.82) is 0 Å². The van der Waals surface area contributed by atoms with Crippen LogP contribution in [0, 0.1) is 5.92 Å². The lowest BCUT2D eigenvalue weighted by Gasteiger charge is -2.19. The number of hydrogen-bond donors (Lipinski definition) is 2. The summed E-state index contributed by atoms with van der Waals surface area (Å²) >= 11 is 0. The molecule has 0 bridgehead atoms.